The normalized spacial score (nSPS) is 20.4. The van der Waals surface area contributed by atoms with Gasteiger partial charge in [-0.1, -0.05) is 28.1 Å². The number of halogens is 1. The number of likely N-dealkylation sites (N-methyl/N-ethyl adjacent to an activating group) is 2. The summed E-state index contributed by atoms with van der Waals surface area (Å²) in [5.41, 5.74) is 1.19. The molecule has 0 aromatic heterocycles. The molecule has 108 valence electrons. The summed E-state index contributed by atoms with van der Waals surface area (Å²) in [6, 6.07) is 8.07. The van der Waals surface area contributed by atoms with Crippen LogP contribution in [0.2, 0.25) is 0 Å². The van der Waals surface area contributed by atoms with Crippen molar-refractivity contribution < 1.29 is 9.59 Å². The summed E-state index contributed by atoms with van der Waals surface area (Å²) in [6.45, 7) is 0.146. The van der Waals surface area contributed by atoms with Crippen LogP contribution in [0.5, 0.6) is 0 Å². The zero-order valence-corrected chi connectivity index (χ0v) is 13.6. The van der Waals surface area contributed by atoms with Crippen molar-refractivity contribution in [1.29, 1.82) is 0 Å². The van der Waals surface area contributed by atoms with E-state index in [-0.39, 0.29) is 30.2 Å². The molecule has 0 saturated heterocycles. The minimum absolute atomic E-state index is 0.0178. The molecule has 20 heavy (non-hydrogen) atoms. The second-order valence-corrected chi connectivity index (χ2v) is 6.40. The van der Waals surface area contributed by atoms with Crippen LogP contribution in [0.15, 0.2) is 28.7 Å². The molecule has 0 heterocycles. The molecule has 2 rings (SSSR count). The summed E-state index contributed by atoms with van der Waals surface area (Å²) in [7, 11) is 5.09. The molecule has 0 radical (unpaired) electrons. The Morgan fingerprint density at radius 1 is 1.30 bits per heavy atom. The summed E-state index contributed by atoms with van der Waals surface area (Å²) in [5, 5.41) is 0. The zero-order chi connectivity index (χ0) is 14.9. The van der Waals surface area contributed by atoms with Crippen LogP contribution >= 0.6 is 15.9 Å². The lowest BCUT2D eigenvalue weighted by atomic mass is 10.1. The highest BCUT2D eigenvalue weighted by Crippen LogP contribution is 2.48. The molecule has 1 saturated carbocycles. The molecule has 2 atom stereocenters. The maximum Gasteiger partial charge on any atom is 0.241 e. The number of benzene rings is 1. The second kappa shape index (κ2) is 5.95. The van der Waals surface area contributed by atoms with Crippen molar-refractivity contribution in [3.63, 3.8) is 0 Å². The monoisotopic (exact) mass is 338 g/mol. The number of rotatable bonds is 4. The van der Waals surface area contributed by atoms with Gasteiger partial charge in [0.25, 0.3) is 0 Å². The summed E-state index contributed by atoms with van der Waals surface area (Å²) in [4.78, 5) is 26.9. The lowest BCUT2D eigenvalue weighted by Crippen LogP contribution is -2.38. The van der Waals surface area contributed by atoms with Crippen molar-refractivity contribution in [1.82, 2.24) is 9.80 Å². The lowest BCUT2D eigenvalue weighted by Gasteiger charge is -2.19. The smallest absolute Gasteiger partial charge is 0.241 e. The van der Waals surface area contributed by atoms with Crippen LogP contribution in [0.1, 0.15) is 17.9 Å². The van der Waals surface area contributed by atoms with E-state index in [1.807, 2.05) is 18.2 Å². The molecule has 1 aliphatic rings. The zero-order valence-electron chi connectivity index (χ0n) is 12.0. The van der Waals surface area contributed by atoms with Crippen molar-refractivity contribution in [3.05, 3.63) is 34.3 Å². The Hall–Kier alpha value is -1.36. The number of hydrogen-bond acceptors (Lipinski definition) is 2. The third-order valence-corrected chi connectivity index (χ3v) is 4.13. The number of hydrogen-bond donors (Lipinski definition) is 0. The molecule has 2 amide bonds. The molecule has 0 aliphatic heterocycles. The van der Waals surface area contributed by atoms with Gasteiger partial charge in [-0.2, -0.15) is 0 Å². The van der Waals surface area contributed by atoms with Gasteiger partial charge in [-0.15, -0.1) is 0 Å². The SMILES string of the molecule is CN(C)C(=O)CN(C)C(=O)C1CC1c1cccc(Br)c1. The molecule has 1 aromatic carbocycles. The van der Waals surface area contributed by atoms with E-state index in [9.17, 15) is 9.59 Å². The van der Waals surface area contributed by atoms with Gasteiger partial charge < -0.3 is 9.80 Å². The third kappa shape index (κ3) is 3.39. The topological polar surface area (TPSA) is 40.6 Å². The van der Waals surface area contributed by atoms with Crippen LogP contribution in [0.4, 0.5) is 0 Å². The Balaban J connectivity index is 1.94. The van der Waals surface area contributed by atoms with E-state index in [1.54, 1.807) is 21.1 Å². The van der Waals surface area contributed by atoms with Crippen LogP contribution in [0.3, 0.4) is 0 Å². The first-order valence-corrected chi connectivity index (χ1v) is 7.40. The van der Waals surface area contributed by atoms with Gasteiger partial charge in [0, 0.05) is 31.5 Å². The van der Waals surface area contributed by atoms with Gasteiger partial charge in [-0.05, 0) is 30.0 Å². The van der Waals surface area contributed by atoms with E-state index < -0.39 is 0 Å². The quantitative estimate of drug-likeness (QED) is 0.843. The fourth-order valence-corrected chi connectivity index (χ4v) is 2.70. The summed E-state index contributed by atoms with van der Waals surface area (Å²) < 4.78 is 1.03. The fraction of sp³-hybridized carbons (Fsp3) is 0.467. The van der Waals surface area contributed by atoms with Crippen LogP contribution in [0, 0.1) is 5.92 Å². The van der Waals surface area contributed by atoms with Crippen LogP contribution in [-0.2, 0) is 9.59 Å². The van der Waals surface area contributed by atoms with Crippen molar-refractivity contribution in [2.45, 2.75) is 12.3 Å². The molecule has 4 nitrogen and oxygen atoms in total. The Labute approximate surface area is 127 Å². The van der Waals surface area contributed by atoms with Crippen molar-refractivity contribution >= 4 is 27.7 Å². The lowest BCUT2D eigenvalue weighted by molar-refractivity contribution is -0.138. The molecular formula is C15H19BrN2O2. The van der Waals surface area contributed by atoms with Gasteiger partial charge in [0.05, 0.1) is 6.54 Å². The number of amides is 2. The molecular weight excluding hydrogens is 320 g/mol. The Bertz CT molecular complexity index is 530. The van der Waals surface area contributed by atoms with E-state index in [0.717, 1.165) is 10.9 Å². The molecule has 2 unspecified atom stereocenters. The Morgan fingerprint density at radius 2 is 2.00 bits per heavy atom. The average molecular weight is 339 g/mol. The highest BCUT2D eigenvalue weighted by molar-refractivity contribution is 9.10. The highest BCUT2D eigenvalue weighted by atomic mass is 79.9. The van der Waals surface area contributed by atoms with Crippen LogP contribution < -0.4 is 0 Å². The minimum atomic E-state index is -0.0551. The molecule has 5 heteroatoms. The van der Waals surface area contributed by atoms with Crippen molar-refractivity contribution in [2.75, 3.05) is 27.7 Å². The molecule has 1 aliphatic carbocycles. The maximum absolute atomic E-state index is 12.3. The van der Waals surface area contributed by atoms with E-state index in [1.165, 1.54) is 15.4 Å². The van der Waals surface area contributed by atoms with Crippen molar-refractivity contribution in [3.8, 4) is 0 Å². The second-order valence-electron chi connectivity index (χ2n) is 5.49. The van der Waals surface area contributed by atoms with E-state index in [4.69, 9.17) is 0 Å². The number of carbonyl (C=O) groups excluding carboxylic acids is 2. The van der Waals surface area contributed by atoms with E-state index in [0.29, 0.717) is 0 Å². The largest absolute Gasteiger partial charge is 0.347 e. The third-order valence-electron chi connectivity index (χ3n) is 3.63. The van der Waals surface area contributed by atoms with Gasteiger partial charge in [-0.25, -0.2) is 0 Å². The first-order chi connectivity index (χ1) is 9.40. The predicted octanol–water partition coefficient (Wildman–Crippen LogP) is 2.10. The van der Waals surface area contributed by atoms with Gasteiger partial charge in [0.2, 0.25) is 11.8 Å². The number of nitrogens with zero attached hydrogens (tertiary/aromatic N) is 2. The van der Waals surface area contributed by atoms with Gasteiger partial charge in [0.1, 0.15) is 0 Å². The maximum atomic E-state index is 12.3. The summed E-state index contributed by atoms with van der Waals surface area (Å²) in [6.07, 6.45) is 0.871. The van der Waals surface area contributed by atoms with E-state index in [2.05, 4.69) is 22.0 Å². The fourth-order valence-electron chi connectivity index (χ4n) is 2.28. The van der Waals surface area contributed by atoms with Crippen molar-refractivity contribution in [2.24, 2.45) is 5.92 Å². The molecule has 0 spiro atoms. The predicted molar refractivity (Wildman–Crippen MR) is 81.3 cm³/mol. The minimum Gasteiger partial charge on any atom is -0.347 e. The van der Waals surface area contributed by atoms with Crippen LogP contribution in [0.25, 0.3) is 0 Å². The standard InChI is InChI=1S/C15H19BrN2O2/c1-17(2)14(19)9-18(3)15(20)13-8-12(13)10-5-4-6-11(16)7-10/h4-7,12-13H,8-9H2,1-3H3. The Morgan fingerprint density at radius 3 is 2.60 bits per heavy atom. The van der Waals surface area contributed by atoms with Gasteiger partial charge >= 0.3 is 0 Å². The van der Waals surface area contributed by atoms with Gasteiger partial charge in [0.15, 0.2) is 0 Å². The Kier molecular flexibility index (Phi) is 4.48. The molecule has 1 aromatic rings. The average Bonchev–Trinajstić information content (AvgIpc) is 3.17. The first-order valence-electron chi connectivity index (χ1n) is 6.60. The molecule has 0 bridgehead atoms. The number of carbonyl (C=O) groups is 2. The summed E-state index contributed by atoms with van der Waals surface area (Å²) in [5.74, 6) is 0.312. The van der Waals surface area contributed by atoms with Gasteiger partial charge in [-0.3, -0.25) is 9.59 Å². The van der Waals surface area contributed by atoms with E-state index >= 15 is 0 Å². The first kappa shape index (κ1) is 15.0. The highest BCUT2D eigenvalue weighted by Gasteiger charge is 2.45. The summed E-state index contributed by atoms with van der Waals surface area (Å²) >= 11 is 3.45. The molecule has 1 fully saturated rings. The van der Waals surface area contributed by atoms with Crippen LogP contribution in [-0.4, -0.2) is 49.3 Å². The molecule has 0 N–H and O–H groups in total.